The minimum Gasteiger partial charge on any atom is -0.341 e. The number of anilines is 1. The number of thiophene rings is 1. The number of sulfonamides is 1. The lowest BCUT2D eigenvalue weighted by Crippen LogP contribution is -2.38. The molecule has 0 saturated heterocycles. The summed E-state index contributed by atoms with van der Waals surface area (Å²) in [5.41, 5.74) is 3.52. The van der Waals surface area contributed by atoms with E-state index in [-0.39, 0.29) is 16.0 Å². The molecule has 5 rings (SSSR count). The van der Waals surface area contributed by atoms with Gasteiger partial charge in [-0.3, -0.25) is 19.8 Å². The molecule has 1 aromatic heterocycles. The number of nitrogens with one attached hydrogen (secondary N) is 3. The Labute approximate surface area is 237 Å². The predicted octanol–water partition coefficient (Wildman–Crippen LogP) is 3.19. The van der Waals surface area contributed by atoms with Gasteiger partial charge in [0.1, 0.15) is 5.00 Å². The highest BCUT2D eigenvalue weighted by Crippen LogP contribution is 2.37. The van der Waals surface area contributed by atoms with E-state index in [9.17, 15) is 22.8 Å². The third-order valence-electron chi connectivity index (χ3n) is 7.34. The van der Waals surface area contributed by atoms with E-state index in [0.29, 0.717) is 37.5 Å². The van der Waals surface area contributed by atoms with Crippen LogP contribution < -0.4 is 16.0 Å². The Morgan fingerprint density at radius 3 is 2.35 bits per heavy atom. The fraction of sp³-hybridized carbons (Fsp3) is 0.321. The van der Waals surface area contributed by atoms with Gasteiger partial charge in [0.25, 0.3) is 11.8 Å². The van der Waals surface area contributed by atoms with E-state index in [1.54, 1.807) is 0 Å². The minimum absolute atomic E-state index is 0.111. The van der Waals surface area contributed by atoms with E-state index in [2.05, 4.69) is 27.8 Å². The van der Waals surface area contributed by atoms with Gasteiger partial charge in [0.15, 0.2) is 0 Å². The Morgan fingerprint density at radius 1 is 0.925 bits per heavy atom. The Kier molecular flexibility index (Phi) is 8.04. The summed E-state index contributed by atoms with van der Waals surface area (Å²) < 4.78 is 28.1. The number of hydrogen-bond acceptors (Lipinski definition) is 7. The molecule has 0 bridgehead atoms. The lowest BCUT2D eigenvalue weighted by atomic mass is 10.0. The number of fused-ring (bicyclic) bond motifs is 2. The van der Waals surface area contributed by atoms with Crippen molar-refractivity contribution in [3.05, 3.63) is 81.2 Å². The van der Waals surface area contributed by atoms with Crippen LogP contribution in [-0.2, 0) is 36.0 Å². The van der Waals surface area contributed by atoms with Crippen LogP contribution >= 0.6 is 11.3 Å². The summed E-state index contributed by atoms with van der Waals surface area (Å²) in [6.07, 6.45) is 1.27. The molecule has 12 heteroatoms. The second-order valence-corrected chi connectivity index (χ2v) is 12.7. The highest BCUT2D eigenvalue weighted by molar-refractivity contribution is 7.89. The molecular formula is C28H31N5O5S2. The van der Waals surface area contributed by atoms with Gasteiger partial charge in [-0.25, -0.2) is 13.2 Å². The van der Waals surface area contributed by atoms with E-state index < -0.39 is 27.9 Å². The third kappa shape index (κ3) is 5.52. The molecule has 40 heavy (non-hydrogen) atoms. The average molecular weight is 582 g/mol. The molecule has 3 N–H and O–H groups in total. The fourth-order valence-corrected chi connectivity index (χ4v) is 7.76. The zero-order chi connectivity index (χ0) is 28.4. The predicted molar refractivity (Wildman–Crippen MR) is 153 cm³/mol. The third-order valence-corrected chi connectivity index (χ3v) is 10.3. The van der Waals surface area contributed by atoms with Crippen molar-refractivity contribution in [1.29, 1.82) is 0 Å². The summed E-state index contributed by atoms with van der Waals surface area (Å²) in [4.78, 5) is 41.4. The summed E-state index contributed by atoms with van der Waals surface area (Å²) in [7, 11) is -2.32. The molecule has 2 aliphatic heterocycles. The molecular weight excluding hydrogens is 550 g/mol. The molecule has 3 aromatic rings. The van der Waals surface area contributed by atoms with Gasteiger partial charge in [-0.2, -0.15) is 4.31 Å². The van der Waals surface area contributed by atoms with Gasteiger partial charge in [0.2, 0.25) is 10.0 Å². The van der Waals surface area contributed by atoms with Crippen molar-refractivity contribution in [1.82, 2.24) is 19.8 Å². The van der Waals surface area contributed by atoms with E-state index in [0.717, 1.165) is 34.7 Å². The second-order valence-electron chi connectivity index (χ2n) is 9.70. The topological polar surface area (TPSA) is 128 Å². The molecule has 2 aromatic carbocycles. The lowest BCUT2D eigenvalue weighted by molar-refractivity contribution is 0.0964. The van der Waals surface area contributed by atoms with Crippen LogP contribution in [0.4, 0.5) is 9.80 Å². The number of carbonyl (C=O) groups is 3. The monoisotopic (exact) mass is 581 g/mol. The van der Waals surface area contributed by atoms with E-state index >= 15 is 0 Å². The first-order valence-electron chi connectivity index (χ1n) is 13.1. The van der Waals surface area contributed by atoms with Crippen molar-refractivity contribution >= 4 is 44.2 Å². The molecule has 210 valence electrons. The summed E-state index contributed by atoms with van der Waals surface area (Å²) in [6.45, 7) is 5.04. The van der Waals surface area contributed by atoms with Crippen LogP contribution in [-0.4, -0.2) is 62.2 Å². The van der Waals surface area contributed by atoms with Crippen LogP contribution in [0.3, 0.4) is 0 Å². The number of rotatable bonds is 6. The van der Waals surface area contributed by atoms with Crippen molar-refractivity contribution in [3.8, 4) is 0 Å². The number of imide groups is 1. The first kappa shape index (κ1) is 28.0. The van der Waals surface area contributed by atoms with Crippen LogP contribution in [0.25, 0.3) is 0 Å². The molecule has 10 nitrogen and oxygen atoms in total. The van der Waals surface area contributed by atoms with Crippen molar-refractivity contribution in [2.45, 2.75) is 37.8 Å². The van der Waals surface area contributed by atoms with Gasteiger partial charge in [-0.05, 0) is 60.3 Å². The van der Waals surface area contributed by atoms with Crippen LogP contribution in [0.2, 0.25) is 0 Å². The summed E-state index contributed by atoms with van der Waals surface area (Å²) in [6, 6.07) is 13.0. The number of carbonyl (C=O) groups excluding carboxylic acids is 3. The SMILES string of the molecule is CCN1CCc2c(sc(NC(=O)c3ccc(S(=O)(=O)N4CCc5ccccc5C4)cc3)c2C(=O)NC(=O)NC)C1. The number of likely N-dealkylation sites (N-methyl/N-ethyl adjacent to an activating group) is 1. The zero-order valence-electron chi connectivity index (χ0n) is 22.3. The van der Waals surface area contributed by atoms with Crippen molar-refractivity contribution in [3.63, 3.8) is 0 Å². The van der Waals surface area contributed by atoms with Crippen molar-refractivity contribution in [2.75, 3.05) is 32.0 Å². The molecule has 4 amide bonds. The number of urea groups is 1. The number of benzene rings is 2. The quantitative estimate of drug-likeness (QED) is 0.410. The van der Waals surface area contributed by atoms with Crippen molar-refractivity contribution in [2.24, 2.45) is 0 Å². The molecule has 0 fully saturated rings. The zero-order valence-corrected chi connectivity index (χ0v) is 24.0. The Morgan fingerprint density at radius 2 is 1.65 bits per heavy atom. The van der Waals surface area contributed by atoms with Gasteiger partial charge in [0, 0.05) is 43.7 Å². The van der Waals surface area contributed by atoms with E-state index in [1.807, 2.05) is 24.3 Å². The molecule has 0 aliphatic carbocycles. The van der Waals surface area contributed by atoms with Gasteiger partial charge < -0.3 is 10.6 Å². The maximum atomic E-state index is 13.3. The Balaban J connectivity index is 1.36. The molecule has 0 unspecified atom stereocenters. The first-order valence-corrected chi connectivity index (χ1v) is 15.3. The smallest absolute Gasteiger partial charge is 0.321 e. The van der Waals surface area contributed by atoms with Gasteiger partial charge in [0.05, 0.1) is 10.5 Å². The highest BCUT2D eigenvalue weighted by Gasteiger charge is 2.30. The number of hydrogen-bond donors (Lipinski definition) is 3. The van der Waals surface area contributed by atoms with Crippen LogP contribution in [0.15, 0.2) is 53.4 Å². The van der Waals surface area contributed by atoms with Crippen LogP contribution in [0.5, 0.6) is 0 Å². The first-order chi connectivity index (χ1) is 19.2. The average Bonchev–Trinajstić information content (AvgIpc) is 3.33. The Hall–Kier alpha value is -3.58. The maximum Gasteiger partial charge on any atom is 0.321 e. The maximum absolute atomic E-state index is 13.3. The molecule has 2 aliphatic rings. The second kappa shape index (κ2) is 11.5. The molecule has 0 atom stereocenters. The van der Waals surface area contributed by atoms with Crippen LogP contribution in [0.1, 0.15) is 49.2 Å². The summed E-state index contributed by atoms with van der Waals surface area (Å²) >= 11 is 1.32. The number of amides is 4. The minimum atomic E-state index is -3.74. The number of nitrogens with zero attached hydrogens (tertiary/aromatic N) is 2. The molecule has 0 radical (unpaired) electrons. The normalized spacial score (nSPS) is 15.6. The van der Waals surface area contributed by atoms with E-state index in [1.165, 1.54) is 47.0 Å². The standard InChI is InChI=1S/C28H31N5O5S2/c1-3-32-14-13-22-23(17-32)39-27(24(22)26(35)31-28(36)29-2)30-25(34)19-8-10-21(11-9-19)40(37,38)33-15-12-18-6-4-5-7-20(18)16-33/h4-11H,3,12-17H2,1-2H3,(H,30,34)(H2,29,31,35,36). The van der Waals surface area contributed by atoms with E-state index in [4.69, 9.17) is 0 Å². The Bertz CT molecular complexity index is 1570. The largest absolute Gasteiger partial charge is 0.341 e. The molecule has 0 saturated carbocycles. The molecule has 0 spiro atoms. The van der Waals surface area contributed by atoms with Crippen molar-refractivity contribution < 1.29 is 22.8 Å². The molecule has 3 heterocycles. The van der Waals surface area contributed by atoms with Gasteiger partial charge in [-0.1, -0.05) is 31.2 Å². The van der Waals surface area contributed by atoms with Crippen LogP contribution in [0, 0.1) is 0 Å². The summed E-state index contributed by atoms with van der Waals surface area (Å²) in [5, 5.41) is 7.86. The fourth-order valence-electron chi connectivity index (χ4n) is 5.06. The van der Waals surface area contributed by atoms with Gasteiger partial charge >= 0.3 is 6.03 Å². The summed E-state index contributed by atoms with van der Waals surface area (Å²) in [5.74, 6) is -1.06. The highest BCUT2D eigenvalue weighted by atomic mass is 32.2. The van der Waals surface area contributed by atoms with Gasteiger partial charge in [-0.15, -0.1) is 11.3 Å². The lowest BCUT2D eigenvalue weighted by Gasteiger charge is -2.28.